The van der Waals surface area contributed by atoms with Crippen molar-refractivity contribution >= 4 is 11.8 Å². The molecule has 2 aromatic heterocycles. The summed E-state index contributed by atoms with van der Waals surface area (Å²) in [6.07, 6.45) is 0.729. The van der Waals surface area contributed by atoms with Crippen LogP contribution in [-0.4, -0.2) is 32.8 Å². The van der Waals surface area contributed by atoms with E-state index in [4.69, 9.17) is 0 Å². The van der Waals surface area contributed by atoms with Crippen molar-refractivity contribution < 1.29 is 13.2 Å². The molecule has 1 aliphatic heterocycles. The molecule has 3 heterocycles. The van der Waals surface area contributed by atoms with Gasteiger partial charge in [0.2, 0.25) is 5.95 Å². The molecule has 24 heavy (non-hydrogen) atoms. The van der Waals surface area contributed by atoms with Gasteiger partial charge in [0.05, 0.1) is 0 Å². The summed E-state index contributed by atoms with van der Waals surface area (Å²) in [5.41, 5.74) is 0.933. The number of halogens is 3. The summed E-state index contributed by atoms with van der Waals surface area (Å²) in [6, 6.07) is 3.79. The van der Waals surface area contributed by atoms with Gasteiger partial charge in [-0.25, -0.2) is 9.67 Å². The zero-order valence-corrected chi connectivity index (χ0v) is 13.3. The van der Waals surface area contributed by atoms with E-state index < -0.39 is 12.0 Å². The number of alkyl halides is 3. The van der Waals surface area contributed by atoms with Gasteiger partial charge < -0.3 is 10.2 Å². The Kier molecular flexibility index (Phi) is 4.59. The summed E-state index contributed by atoms with van der Waals surface area (Å²) in [6.45, 7) is 2.33. The standard InChI is InChI=1S/C15H19F3N6/c1-23-14(21-13(22-23)15(16,17)18)20-10-11-5-6-19-12(9-11)24-7-3-2-4-8-24/h5-6,9H,2-4,7-8,10H2,1H3,(H,20,21,22). The molecule has 1 saturated heterocycles. The molecule has 3 rings (SSSR count). The number of piperidine rings is 1. The van der Waals surface area contributed by atoms with Crippen molar-refractivity contribution in [3.63, 3.8) is 0 Å². The van der Waals surface area contributed by atoms with Crippen molar-refractivity contribution in [3.8, 4) is 0 Å². The summed E-state index contributed by atoms with van der Waals surface area (Å²) in [5, 5.41) is 6.28. The molecular formula is C15H19F3N6. The van der Waals surface area contributed by atoms with E-state index in [2.05, 4.69) is 25.3 Å². The number of nitrogens with one attached hydrogen (secondary N) is 1. The van der Waals surface area contributed by atoms with E-state index in [0.717, 1.165) is 42.0 Å². The molecule has 0 amide bonds. The van der Waals surface area contributed by atoms with Crippen molar-refractivity contribution in [2.75, 3.05) is 23.3 Å². The fourth-order valence-corrected chi connectivity index (χ4v) is 2.71. The maximum atomic E-state index is 12.6. The molecule has 0 spiro atoms. The first-order valence-electron chi connectivity index (χ1n) is 7.85. The molecule has 130 valence electrons. The second-order valence-electron chi connectivity index (χ2n) is 5.80. The van der Waals surface area contributed by atoms with E-state index >= 15 is 0 Å². The predicted octanol–water partition coefficient (Wildman–Crippen LogP) is 2.83. The lowest BCUT2D eigenvalue weighted by Crippen LogP contribution is -2.30. The summed E-state index contributed by atoms with van der Waals surface area (Å²) in [4.78, 5) is 10.1. The van der Waals surface area contributed by atoms with Crippen LogP contribution in [-0.2, 0) is 19.8 Å². The van der Waals surface area contributed by atoms with E-state index in [1.807, 2.05) is 12.1 Å². The first kappa shape index (κ1) is 16.5. The molecule has 1 fully saturated rings. The number of hydrogen-bond acceptors (Lipinski definition) is 5. The maximum absolute atomic E-state index is 12.6. The zero-order chi connectivity index (χ0) is 17.2. The SMILES string of the molecule is Cn1nc(C(F)(F)F)nc1NCc1ccnc(N2CCCCC2)c1. The number of anilines is 2. The Morgan fingerprint density at radius 2 is 1.96 bits per heavy atom. The molecule has 0 unspecified atom stereocenters. The first-order chi connectivity index (χ1) is 11.4. The lowest BCUT2D eigenvalue weighted by atomic mass is 10.1. The molecule has 0 radical (unpaired) electrons. The Bertz CT molecular complexity index is 691. The minimum atomic E-state index is -4.55. The fraction of sp³-hybridized carbons (Fsp3) is 0.533. The van der Waals surface area contributed by atoms with Gasteiger partial charge in [-0.05, 0) is 37.0 Å². The van der Waals surface area contributed by atoms with Crippen LogP contribution in [0.25, 0.3) is 0 Å². The third-order valence-corrected chi connectivity index (χ3v) is 3.96. The van der Waals surface area contributed by atoms with Gasteiger partial charge in [0, 0.05) is 32.9 Å². The topological polar surface area (TPSA) is 58.9 Å². The maximum Gasteiger partial charge on any atom is 0.453 e. The van der Waals surface area contributed by atoms with Crippen molar-refractivity contribution in [2.45, 2.75) is 32.0 Å². The molecule has 1 N–H and O–H groups in total. The molecule has 1 aliphatic rings. The molecule has 0 aromatic carbocycles. The van der Waals surface area contributed by atoms with E-state index in [1.165, 1.54) is 13.5 Å². The van der Waals surface area contributed by atoms with Crippen LogP contribution in [0.5, 0.6) is 0 Å². The quantitative estimate of drug-likeness (QED) is 0.927. The normalized spacial score (nSPS) is 15.6. The average molecular weight is 340 g/mol. The number of aryl methyl sites for hydroxylation is 1. The monoisotopic (exact) mass is 340 g/mol. The Morgan fingerprint density at radius 3 is 2.62 bits per heavy atom. The van der Waals surface area contributed by atoms with Crippen molar-refractivity contribution in [1.29, 1.82) is 0 Å². The van der Waals surface area contributed by atoms with Crippen LogP contribution in [0, 0.1) is 0 Å². The molecule has 2 aromatic rings. The molecule has 6 nitrogen and oxygen atoms in total. The lowest BCUT2D eigenvalue weighted by molar-refractivity contribution is -0.144. The number of aromatic nitrogens is 4. The largest absolute Gasteiger partial charge is 0.453 e. The van der Waals surface area contributed by atoms with Crippen LogP contribution in [0.4, 0.5) is 24.9 Å². The third kappa shape index (κ3) is 3.77. The van der Waals surface area contributed by atoms with Gasteiger partial charge in [-0.15, -0.1) is 5.10 Å². The summed E-state index contributed by atoms with van der Waals surface area (Å²) in [7, 11) is 1.43. The van der Waals surface area contributed by atoms with Gasteiger partial charge >= 0.3 is 6.18 Å². The van der Waals surface area contributed by atoms with E-state index in [-0.39, 0.29) is 5.95 Å². The van der Waals surface area contributed by atoms with Crippen LogP contribution in [0.15, 0.2) is 18.3 Å². The molecule has 0 bridgehead atoms. The predicted molar refractivity (Wildman–Crippen MR) is 83.6 cm³/mol. The van der Waals surface area contributed by atoms with Gasteiger partial charge in [-0.2, -0.15) is 18.2 Å². The molecule has 0 aliphatic carbocycles. The Labute approximate surface area is 137 Å². The summed E-state index contributed by atoms with van der Waals surface area (Å²) in [5.74, 6) is -0.155. The average Bonchev–Trinajstić information content (AvgIpc) is 2.95. The van der Waals surface area contributed by atoms with Gasteiger partial charge in [-0.1, -0.05) is 0 Å². The number of rotatable bonds is 4. The van der Waals surface area contributed by atoms with Gasteiger partial charge in [-0.3, -0.25) is 0 Å². The van der Waals surface area contributed by atoms with Crippen LogP contribution >= 0.6 is 0 Å². The van der Waals surface area contributed by atoms with E-state index in [0.29, 0.717) is 6.54 Å². The first-order valence-corrected chi connectivity index (χ1v) is 7.85. The fourth-order valence-electron chi connectivity index (χ4n) is 2.71. The van der Waals surface area contributed by atoms with Crippen molar-refractivity contribution in [3.05, 3.63) is 29.7 Å². The van der Waals surface area contributed by atoms with Crippen LogP contribution in [0.3, 0.4) is 0 Å². The molecule has 0 atom stereocenters. The lowest BCUT2D eigenvalue weighted by Gasteiger charge is -2.27. The van der Waals surface area contributed by atoms with E-state index in [9.17, 15) is 13.2 Å². The highest BCUT2D eigenvalue weighted by atomic mass is 19.4. The number of pyridine rings is 1. The number of hydrogen-bond donors (Lipinski definition) is 1. The summed E-state index contributed by atoms with van der Waals surface area (Å²) >= 11 is 0. The zero-order valence-electron chi connectivity index (χ0n) is 13.3. The molecule has 9 heteroatoms. The highest BCUT2D eigenvalue weighted by Crippen LogP contribution is 2.27. The highest BCUT2D eigenvalue weighted by Gasteiger charge is 2.36. The Morgan fingerprint density at radius 1 is 1.21 bits per heavy atom. The second kappa shape index (κ2) is 6.66. The molecular weight excluding hydrogens is 321 g/mol. The van der Waals surface area contributed by atoms with E-state index in [1.54, 1.807) is 6.20 Å². The van der Waals surface area contributed by atoms with Crippen LogP contribution in [0.2, 0.25) is 0 Å². The minimum absolute atomic E-state index is 0.0821. The van der Waals surface area contributed by atoms with Crippen LogP contribution < -0.4 is 10.2 Å². The summed E-state index contributed by atoms with van der Waals surface area (Å²) < 4.78 is 39.0. The van der Waals surface area contributed by atoms with Gasteiger partial charge in [0.25, 0.3) is 5.82 Å². The van der Waals surface area contributed by atoms with Crippen LogP contribution in [0.1, 0.15) is 30.7 Å². The minimum Gasteiger partial charge on any atom is -0.357 e. The molecule has 0 saturated carbocycles. The second-order valence-corrected chi connectivity index (χ2v) is 5.80. The third-order valence-electron chi connectivity index (χ3n) is 3.96. The Balaban J connectivity index is 1.67. The smallest absolute Gasteiger partial charge is 0.357 e. The van der Waals surface area contributed by atoms with Gasteiger partial charge in [0.1, 0.15) is 5.82 Å². The van der Waals surface area contributed by atoms with Crippen molar-refractivity contribution in [2.24, 2.45) is 7.05 Å². The highest BCUT2D eigenvalue weighted by molar-refractivity contribution is 5.42. The number of nitrogens with zero attached hydrogens (tertiary/aromatic N) is 5. The van der Waals surface area contributed by atoms with Crippen molar-refractivity contribution in [1.82, 2.24) is 19.7 Å². The van der Waals surface area contributed by atoms with Gasteiger partial charge in [0.15, 0.2) is 0 Å². The Hall–Kier alpha value is -2.32.